The number of nitrogens with one attached hydrogen (secondary N) is 2. The second-order valence-electron chi connectivity index (χ2n) is 5.86. The molecule has 3 unspecified atom stereocenters. The SMILES string of the molecule is CC1CC(NC(=O)C(c2ccccc2)N(C)C)CCN1. The van der Waals surface area contributed by atoms with Crippen molar-refractivity contribution in [1.82, 2.24) is 15.5 Å². The summed E-state index contributed by atoms with van der Waals surface area (Å²) in [6, 6.07) is 10.5. The van der Waals surface area contributed by atoms with E-state index in [4.69, 9.17) is 0 Å². The predicted molar refractivity (Wildman–Crippen MR) is 81.5 cm³/mol. The van der Waals surface area contributed by atoms with Crippen LogP contribution in [0.4, 0.5) is 0 Å². The Kier molecular flexibility index (Phi) is 5.15. The Hall–Kier alpha value is -1.39. The molecule has 3 atom stereocenters. The van der Waals surface area contributed by atoms with Crippen LogP contribution in [-0.4, -0.2) is 43.5 Å². The molecule has 0 bridgehead atoms. The second kappa shape index (κ2) is 6.86. The van der Waals surface area contributed by atoms with Crippen LogP contribution in [0.15, 0.2) is 30.3 Å². The van der Waals surface area contributed by atoms with E-state index in [2.05, 4.69) is 17.6 Å². The lowest BCUT2D eigenvalue weighted by Crippen LogP contribution is -2.49. The Morgan fingerprint density at radius 1 is 1.35 bits per heavy atom. The zero-order valence-electron chi connectivity index (χ0n) is 12.6. The minimum atomic E-state index is -0.221. The van der Waals surface area contributed by atoms with E-state index in [1.54, 1.807) is 0 Å². The van der Waals surface area contributed by atoms with Gasteiger partial charge >= 0.3 is 0 Å². The highest BCUT2D eigenvalue weighted by molar-refractivity contribution is 5.83. The first-order valence-electron chi connectivity index (χ1n) is 7.33. The summed E-state index contributed by atoms with van der Waals surface area (Å²) in [5.41, 5.74) is 1.04. The molecule has 0 spiro atoms. The molecule has 2 N–H and O–H groups in total. The van der Waals surface area contributed by atoms with Gasteiger partial charge in [0, 0.05) is 12.1 Å². The van der Waals surface area contributed by atoms with E-state index >= 15 is 0 Å². The summed E-state index contributed by atoms with van der Waals surface area (Å²) in [6.07, 6.45) is 2.01. The van der Waals surface area contributed by atoms with Crippen LogP contribution in [0.2, 0.25) is 0 Å². The van der Waals surface area contributed by atoms with Crippen molar-refractivity contribution in [2.24, 2.45) is 0 Å². The van der Waals surface area contributed by atoms with Crippen molar-refractivity contribution in [3.05, 3.63) is 35.9 Å². The number of carbonyl (C=O) groups excluding carboxylic acids is 1. The van der Waals surface area contributed by atoms with Crippen molar-refractivity contribution < 1.29 is 4.79 Å². The van der Waals surface area contributed by atoms with Crippen LogP contribution in [0.5, 0.6) is 0 Å². The molecule has 1 aliphatic rings. The third-order valence-corrected chi connectivity index (χ3v) is 3.85. The molecule has 1 aliphatic heterocycles. The maximum atomic E-state index is 12.6. The van der Waals surface area contributed by atoms with Crippen molar-refractivity contribution in [3.63, 3.8) is 0 Å². The first kappa shape index (κ1) is 15.0. The summed E-state index contributed by atoms with van der Waals surface area (Å²) >= 11 is 0. The molecular formula is C16H25N3O. The average molecular weight is 275 g/mol. The highest BCUT2D eigenvalue weighted by atomic mass is 16.2. The quantitative estimate of drug-likeness (QED) is 0.876. The van der Waals surface area contributed by atoms with E-state index in [1.165, 1.54) is 0 Å². The molecule has 20 heavy (non-hydrogen) atoms. The number of nitrogens with zero attached hydrogens (tertiary/aromatic N) is 1. The number of hydrogen-bond acceptors (Lipinski definition) is 3. The third-order valence-electron chi connectivity index (χ3n) is 3.85. The van der Waals surface area contributed by atoms with Gasteiger partial charge in [-0.2, -0.15) is 0 Å². The molecule has 1 heterocycles. The van der Waals surface area contributed by atoms with Crippen molar-refractivity contribution in [1.29, 1.82) is 0 Å². The monoisotopic (exact) mass is 275 g/mol. The lowest BCUT2D eigenvalue weighted by Gasteiger charge is -2.31. The van der Waals surface area contributed by atoms with Gasteiger partial charge in [0.1, 0.15) is 6.04 Å². The van der Waals surface area contributed by atoms with E-state index < -0.39 is 0 Å². The van der Waals surface area contributed by atoms with Gasteiger partial charge in [0.15, 0.2) is 0 Å². The number of amides is 1. The van der Waals surface area contributed by atoms with Crippen LogP contribution < -0.4 is 10.6 Å². The van der Waals surface area contributed by atoms with Crippen molar-refractivity contribution in [2.75, 3.05) is 20.6 Å². The molecule has 0 aliphatic carbocycles. The van der Waals surface area contributed by atoms with Crippen LogP contribution in [0.1, 0.15) is 31.4 Å². The normalized spacial score (nSPS) is 24.4. The lowest BCUT2D eigenvalue weighted by atomic mass is 9.99. The van der Waals surface area contributed by atoms with Gasteiger partial charge in [0.2, 0.25) is 5.91 Å². The van der Waals surface area contributed by atoms with Crippen LogP contribution >= 0.6 is 0 Å². The molecule has 2 rings (SSSR count). The molecule has 1 saturated heterocycles. The first-order valence-corrected chi connectivity index (χ1v) is 7.33. The Bertz CT molecular complexity index is 433. The van der Waals surface area contributed by atoms with Gasteiger partial charge in [-0.15, -0.1) is 0 Å². The van der Waals surface area contributed by atoms with E-state index in [0.717, 1.165) is 24.9 Å². The van der Waals surface area contributed by atoms with Gasteiger partial charge in [-0.3, -0.25) is 9.69 Å². The fourth-order valence-electron chi connectivity index (χ4n) is 2.86. The maximum absolute atomic E-state index is 12.6. The van der Waals surface area contributed by atoms with Crippen LogP contribution in [0, 0.1) is 0 Å². The summed E-state index contributed by atoms with van der Waals surface area (Å²) < 4.78 is 0. The molecule has 1 amide bonds. The van der Waals surface area contributed by atoms with Crippen molar-refractivity contribution in [2.45, 2.75) is 37.9 Å². The molecule has 0 saturated carbocycles. The van der Waals surface area contributed by atoms with E-state index in [9.17, 15) is 4.79 Å². The third kappa shape index (κ3) is 3.81. The average Bonchev–Trinajstić information content (AvgIpc) is 2.39. The molecule has 1 aromatic carbocycles. The van der Waals surface area contributed by atoms with Crippen LogP contribution in [0.3, 0.4) is 0 Å². The molecule has 110 valence electrons. The summed E-state index contributed by atoms with van der Waals surface area (Å²) in [5, 5.41) is 6.62. The van der Waals surface area contributed by atoms with Crippen molar-refractivity contribution in [3.8, 4) is 0 Å². The van der Waals surface area contributed by atoms with Crippen molar-refractivity contribution >= 4 is 5.91 Å². The molecular weight excluding hydrogens is 250 g/mol. The van der Waals surface area contributed by atoms with Gasteiger partial charge in [0.25, 0.3) is 0 Å². The molecule has 0 aromatic heterocycles. The minimum Gasteiger partial charge on any atom is -0.352 e. The Labute approximate surface area is 121 Å². The van der Waals surface area contributed by atoms with Crippen LogP contribution in [0.25, 0.3) is 0 Å². The van der Waals surface area contributed by atoms with E-state index in [-0.39, 0.29) is 18.0 Å². The fraction of sp³-hybridized carbons (Fsp3) is 0.562. The number of likely N-dealkylation sites (N-methyl/N-ethyl adjacent to an activating group) is 1. The largest absolute Gasteiger partial charge is 0.352 e. The predicted octanol–water partition coefficient (Wildman–Crippen LogP) is 1.55. The molecule has 1 aromatic rings. The van der Waals surface area contributed by atoms with Gasteiger partial charge in [0.05, 0.1) is 0 Å². The summed E-state index contributed by atoms with van der Waals surface area (Å²) in [5.74, 6) is 0.0975. The molecule has 1 fully saturated rings. The zero-order valence-corrected chi connectivity index (χ0v) is 12.6. The number of piperidine rings is 1. The zero-order chi connectivity index (χ0) is 14.5. The topological polar surface area (TPSA) is 44.4 Å². The Morgan fingerprint density at radius 3 is 2.65 bits per heavy atom. The smallest absolute Gasteiger partial charge is 0.242 e. The number of rotatable bonds is 4. The highest BCUT2D eigenvalue weighted by Gasteiger charge is 2.26. The number of benzene rings is 1. The summed E-state index contributed by atoms with van der Waals surface area (Å²) in [6.45, 7) is 3.14. The fourth-order valence-corrected chi connectivity index (χ4v) is 2.86. The van der Waals surface area contributed by atoms with Gasteiger partial charge in [-0.05, 0) is 46.0 Å². The maximum Gasteiger partial charge on any atom is 0.242 e. The summed E-state index contributed by atoms with van der Waals surface area (Å²) in [7, 11) is 3.89. The first-order chi connectivity index (χ1) is 9.58. The lowest BCUT2D eigenvalue weighted by molar-refractivity contribution is -0.126. The van der Waals surface area contributed by atoms with Gasteiger partial charge in [-0.1, -0.05) is 30.3 Å². The second-order valence-corrected chi connectivity index (χ2v) is 5.86. The number of carbonyl (C=O) groups is 1. The summed E-state index contributed by atoms with van der Waals surface area (Å²) in [4.78, 5) is 14.6. The van der Waals surface area contributed by atoms with Gasteiger partial charge in [-0.25, -0.2) is 0 Å². The van der Waals surface area contributed by atoms with Crippen LogP contribution in [-0.2, 0) is 4.79 Å². The highest BCUT2D eigenvalue weighted by Crippen LogP contribution is 2.19. The Morgan fingerprint density at radius 2 is 2.05 bits per heavy atom. The number of hydrogen-bond donors (Lipinski definition) is 2. The Balaban J connectivity index is 2.04. The standard InChI is InChI=1S/C16H25N3O/c1-12-11-14(9-10-17-12)18-16(20)15(19(2)3)13-7-5-4-6-8-13/h4-8,12,14-15,17H,9-11H2,1-3H3,(H,18,20). The van der Waals surface area contributed by atoms with Gasteiger partial charge < -0.3 is 10.6 Å². The van der Waals surface area contributed by atoms with E-state index in [0.29, 0.717) is 6.04 Å². The molecule has 4 heteroatoms. The van der Waals surface area contributed by atoms with E-state index in [1.807, 2.05) is 49.3 Å². The molecule has 4 nitrogen and oxygen atoms in total. The molecule has 0 radical (unpaired) electrons. The minimum absolute atomic E-state index is 0.0975.